The van der Waals surface area contributed by atoms with Crippen LogP contribution in [-0.4, -0.2) is 51.2 Å². The van der Waals surface area contributed by atoms with Crippen LogP contribution in [0.25, 0.3) is 0 Å². The van der Waals surface area contributed by atoms with Crippen molar-refractivity contribution >= 4 is 21.4 Å². The Balaban J connectivity index is 1.52. The van der Waals surface area contributed by atoms with Crippen molar-refractivity contribution in [3.8, 4) is 0 Å². The second-order valence-corrected chi connectivity index (χ2v) is 9.74. The molecule has 1 saturated heterocycles. The van der Waals surface area contributed by atoms with Crippen LogP contribution in [-0.2, 0) is 27.5 Å². The third-order valence-electron chi connectivity index (χ3n) is 5.86. The van der Waals surface area contributed by atoms with Crippen molar-refractivity contribution in [1.29, 1.82) is 0 Å². The highest BCUT2D eigenvalue weighted by molar-refractivity contribution is 7.90. The fourth-order valence-corrected chi connectivity index (χ4v) is 4.99. The van der Waals surface area contributed by atoms with Crippen LogP contribution in [0.2, 0.25) is 0 Å². The van der Waals surface area contributed by atoms with E-state index in [9.17, 15) is 13.2 Å². The monoisotopic (exact) mass is 398 g/mol. The highest BCUT2D eigenvalue weighted by Gasteiger charge is 2.34. The Labute approximate surface area is 166 Å². The van der Waals surface area contributed by atoms with Crippen LogP contribution in [0.3, 0.4) is 0 Å². The number of carbonyl (C=O) groups excluding carboxylic acids is 1. The van der Waals surface area contributed by atoms with Gasteiger partial charge in [0.25, 0.3) is 0 Å². The molecule has 2 aliphatic rings. The summed E-state index contributed by atoms with van der Waals surface area (Å²) in [5.74, 6) is 0.181. The minimum atomic E-state index is -3.20. The molecule has 2 aromatic rings. The summed E-state index contributed by atoms with van der Waals surface area (Å²) in [6.07, 6.45) is 4.74. The van der Waals surface area contributed by atoms with Crippen LogP contribution in [0.1, 0.15) is 24.0 Å². The molecule has 28 heavy (non-hydrogen) atoms. The molecule has 0 radical (unpaired) electrons. The molecule has 0 N–H and O–H groups in total. The molecule has 2 heterocycles. The van der Waals surface area contributed by atoms with Gasteiger partial charge in [-0.15, -0.1) is 0 Å². The average molecular weight is 399 g/mol. The smallest absolute Gasteiger partial charge is 0.244 e. The molecule has 1 fully saturated rings. The summed E-state index contributed by atoms with van der Waals surface area (Å²) < 4.78 is 23.7. The first-order valence-corrected chi connectivity index (χ1v) is 11.7. The molecule has 0 spiro atoms. The lowest BCUT2D eigenvalue weighted by Gasteiger charge is -2.38. The standard InChI is InChI=1S/C22H26N2O3S/c1-28(26,27)20-10-9-17-11-14-23(15-12-18(17)16-20)21-8-5-13-24(22(21)25)19-6-3-2-4-7-19/h2-4,6-7,9-10,16,21H,5,8,11-15H2,1H3/t21-/m1/s1. The third-order valence-corrected chi connectivity index (χ3v) is 6.97. The van der Waals surface area contributed by atoms with E-state index in [1.54, 1.807) is 6.07 Å². The van der Waals surface area contributed by atoms with E-state index >= 15 is 0 Å². The van der Waals surface area contributed by atoms with Crippen LogP contribution in [0.5, 0.6) is 0 Å². The molecule has 2 aromatic carbocycles. The predicted octanol–water partition coefficient (Wildman–Crippen LogP) is 2.69. The normalized spacial score (nSPS) is 21.2. The zero-order valence-electron chi connectivity index (χ0n) is 16.2. The van der Waals surface area contributed by atoms with Crippen LogP contribution in [0, 0.1) is 0 Å². The number of nitrogens with zero attached hydrogens (tertiary/aromatic N) is 2. The van der Waals surface area contributed by atoms with Gasteiger partial charge < -0.3 is 4.90 Å². The van der Waals surface area contributed by atoms with Gasteiger partial charge in [0.2, 0.25) is 5.91 Å². The second kappa shape index (κ2) is 7.68. The first-order chi connectivity index (χ1) is 13.4. The van der Waals surface area contributed by atoms with Gasteiger partial charge in [0.15, 0.2) is 9.84 Å². The van der Waals surface area contributed by atoms with Crippen molar-refractivity contribution in [2.24, 2.45) is 0 Å². The maximum absolute atomic E-state index is 13.2. The van der Waals surface area contributed by atoms with E-state index < -0.39 is 9.84 Å². The molecule has 0 unspecified atom stereocenters. The third kappa shape index (κ3) is 3.84. The zero-order valence-corrected chi connectivity index (χ0v) is 17.0. The maximum Gasteiger partial charge on any atom is 0.244 e. The number of anilines is 1. The summed E-state index contributed by atoms with van der Waals surface area (Å²) in [6, 6.07) is 15.2. The van der Waals surface area contributed by atoms with Gasteiger partial charge in [-0.1, -0.05) is 24.3 Å². The molecule has 148 valence electrons. The van der Waals surface area contributed by atoms with Crippen LogP contribution in [0.15, 0.2) is 53.4 Å². The fourth-order valence-electron chi connectivity index (χ4n) is 4.32. The highest BCUT2D eigenvalue weighted by atomic mass is 32.2. The van der Waals surface area contributed by atoms with E-state index in [2.05, 4.69) is 4.90 Å². The van der Waals surface area contributed by atoms with Crippen LogP contribution in [0.4, 0.5) is 5.69 Å². The number of rotatable bonds is 3. The van der Waals surface area contributed by atoms with Gasteiger partial charge in [-0.05, 0) is 61.1 Å². The summed E-state index contributed by atoms with van der Waals surface area (Å²) >= 11 is 0. The lowest BCUT2D eigenvalue weighted by Crippen LogP contribution is -2.53. The number of sulfone groups is 1. The van der Waals surface area contributed by atoms with Crippen molar-refractivity contribution in [3.63, 3.8) is 0 Å². The topological polar surface area (TPSA) is 57.7 Å². The molecule has 6 heteroatoms. The highest BCUT2D eigenvalue weighted by Crippen LogP contribution is 2.26. The Kier molecular flexibility index (Phi) is 5.25. The van der Waals surface area contributed by atoms with Crippen LogP contribution < -0.4 is 4.90 Å². The lowest BCUT2D eigenvalue weighted by molar-refractivity contribution is -0.125. The van der Waals surface area contributed by atoms with Gasteiger partial charge in [-0.2, -0.15) is 0 Å². The zero-order chi connectivity index (χ0) is 19.7. The first-order valence-electron chi connectivity index (χ1n) is 9.86. The molecule has 1 atom stereocenters. The number of carbonyl (C=O) groups is 1. The van der Waals surface area contributed by atoms with Crippen LogP contribution >= 0.6 is 0 Å². The number of hydrogen-bond acceptors (Lipinski definition) is 4. The van der Waals surface area contributed by atoms with E-state index in [0.29, 0.717) is 4.90 Å². The van der Waals surface area contributed by atoms with E-state index in [1.807, 2.05) is 47.4 Å². The lowest BCUT2D eigenvalue weighted by atomic mass is 10.0. The van der Waals surface area contributed by atoms with E-state index in [-0.39, 0.29) is 11.9 Å². The molecule has 0 bridgehead atoms. The predicted molar refractivity (Wildman–Crippen MR) is 110 cm³/mol. The number of fused-ring (bicyclic) bond motifs is 1. The SMILES string of the molecule is CS(=O)(=O)c1ccc2c(c1)CCN([C@@H]1CCCN(c3ccccc3)C1=O)CC2. The number of para-hydroxylation sites is 1. The molecule has 5 nitrogen and oxygen atoms in total. The summed E-state index contributed by atoms with van der Waals surface area (Å²) in [5.41, 5.74) is 3.25. The van der Waals surface area contributed by atoms with Gasteiger partial charge in [0.05, 0.1) is 10.9 Å². The molecule has 4 rings (SSSR count). The first kappa shape index (κ1) is 19.2. The van der Waals surface area contributed by atoms with Crippen molar-refractivity contribution in [1.82, 2.24) is 4.90 Å². The molecule has 0 saturated carbocycles. The van der Waals surface area contributed by atoms with Gasteiger partial charge in [0.1, 0.15) is 0 Å². The molecular weight excluding hydrogens is 372 g/mol. The molecule has 0 aliphatic carbocycles. The summed E-state index contributed by atoms with van der Waals surface area (Å²) in [6.45, 7) is 2.37. The van der Waals surface area contributed by atoms with Crippen molar-refractivity contribution in [2.75, 3.05) is 30.8 Å². The van der Waals surface area contributed by atoms with Crippen molar-refractivity contribution < 1.29 is 13.2 Å². The van der Waals surface area contributed by atoms with Gasteiger partial charge in [0, 0.05) is 31.6 Å². The largest absolute Gasteiger partial charge is 0.311 e. The van der Waals surface area contributed by atoms with Crippen molar-refractivity contribution in [2.45, 2.75) is 36.6 Å². The Morgan fingerprint density at radius 2 is 1.64 bits per heavy atom. The number of benzene rings is 2. The fraction of sp³-hybridized carbons (Fsp3) is 0.409. The summed E-state index contributed by atoms with van der Waals surface area (Å²) in [4.78, 5) is 17.8. The number of piperidine rings is 1. The minimum absolute atomic E-state index is 0.0994. The van der Waals surface area contributed by atoms with E-state index in [1.165, 1.54) is 11.8 Å². The Hall–Kier alpha value is -2.18. The maximum atomic E-state index is 13.2. The average Bonchev–Trinajstić information content (AvgIpc) is 2.90. The van der Waals surface area contributed by atoms with E-state index in [4.69, 9.17) is 0 Å². The van der Waals surface area contributed by atoms with Crippen molar-refractivity contribution in [3.05, 3.63) is 59.7 Å². The van der Waals surface area contributed by atoms with E-state index in [0.717, 1.165) is 56.6 Å². The second-order valence-electron chi connectivity index (χ2n) is 7.72. The number of hydrogen-bond donors (Lipinski definition) is 0. The molecular formula is C22H26N2O3S. The number of amides is 1. The summed E-state index contributed by atoms with van der Waals surface area (Å²) in [5, 5.41) is 0. The molecule has 1 amide bonds. The Morgan fingerprint density at radius 1 is 0.929 bits per heavy atom. The van der Waals surface area contributed by atoms with Gasteiger partial charge >= 0.3 is 0 Å². The van der Waals surface area contributed by atoms with Gasteiger partial charge in [-0.3, -0.25) is 9.69 Å². The van der Waals surface area contributed by atoms with Gasteiger partial charge in [-0.25, -0.2) is 8.42 Å². The summed E-state index contributed by atoms with van der Waals surface area (Å²) in [7, 11) is -3.20. The minimum Gasteiger partial charge on any atom is -0.311 e. The molecule has 2 aliphatic heterocycles. The Bertz CT molecular complexity index is 973. The Morgan fingerprint density at radius 3 is 2.36 bits per heavy atom. The molecule has 0 aromatic heterocycles. The quantitative estimate of drug-likeness (QED) is 0.798.